The number of hydrogen-bond acceptors (Lipinski definition) is 4. The molecule has 0 spiro atoms. The molecule has 7 heteroatoms. The van der Waals surface area contributed by atoms with Gasteiger partial charge in [-0.25, -0.2) is 9.37 Å². The molecule has 0 bridgehead atoms. The van der Waals surface area contributed by atoms with Gasteiger partial charge in [-0.2, -0.15) is 11.8 Å². The van der Waals surface area contributed by atoms with Crippen molar-refractivity contribution < 1.29 is 13.6 Å². The Kier molecular flexibility index (Phi) is 7.51. The Morgan fingerprint density at radius 3 is 2.79 bits per heavy atom. The van der Waals surface area contributed by atoms with Crippen LogP contribution < -0.4 is 5.32 Å². The summed E-state index contributed by atoms with van der Waals surface area (Å²) in [6.45, 7) is 0.536. The second-order valence-electron chi connectivity index (χ2n) is 6.09. The van der Waals surface area contributed by atoms with Crippen molar-refractivity contribution in [3.05, 3.63) is 77.0 Å². The largest absolute Gasteiger partial charge is 0.441 e. The highest BCUT2D eigenvalue weighted by molar-refractivity contribution is 7.98. The van der Waals surface area contributed by atoms with Crippen molar-refractivity contribution in [2.24, 2.45) is 0 Å². The molecule has 28 heavy (non-hydrogen) atoms. The van der Waals surface area contributed by atoms with E-state index in [2.05, 4.69) is 10.3 Å². The molecule has 146 valence electrons. The first-order chi connectivity index (χ1) is 13.6. The molecule has 0 unspecified atom stereocenters. The second-order valence-corrected chi connectivity index (χ2v) is 7.60. The fourth-order valence-electron chi connectivity index (χ4n) is 2.58. The van der Waals surface area contributed by atoms with Crippen LogP contribution in [0.3, 0.4) is 0 Å². The van der Waals surface area contributed by atoms with E-state index in [1.165, 1.54) is 6.07 Å². The number of aryl methyl sites for hydroxylation is 1. The van der Waals surface area contributed by atoms with Crippen molar-refractivity contribution >= 4 is 29.3 Å². The fraction of sp³-hybridized carbons (Fsp3) is 0.238. The van der Waals surface area contributed by atoms with Crippen LogP contribution in [0.4, 0.5) is 4.39 Å². The number of rotatable bonds is 9. The minimum Gasteiger partial charge on any atom is -0.441 e. The third-order valence-corrected chi connectivity index (χ3v) is 5.38. The first-order valence-electron chi connectivity index (χ1n) is 8.91. The lowest BCUT2D eigenvalue weighted by Crippen LogP contribution is -2.26. The summed E-state index contributed by atoms with van der Waals surface area (Å²) in [6, 6.07) is 14.1. The Morgan fingerprint density at radius 2 is 1.96 bits per heavy atom. The van der Waals surface area contributed by atoms with Gasteiger partial charge in [-0.1, -0.05) is 41.9 Å². The second kappa shape index (κ2) is 10.3. The highest BCUT2D eigenvalue weighted by Crippen LogP contribution is 2.28. The zero-order valence-corrected chi connectivity index (χ0v) is 16.7. The Labute approximate surface area is 172 Å². The van der Waals surface area contributed by atoms with Gasteiger partial charge in [0.2, 0.25) is 5.91 Å². The summed E-state index contributed by atoms with van der Waals surface area (Å²) in [5, 5.41) is 3.45. The molecule has 1 aromatic heterocycles. The molecule has 1 N–H and O–H groups in total. The lowest BCUT2D eigenvalue weighted by molar-refractivity contribution is -0.121. The molecular formula is C21H20ClFN2O2S. The number of carbonyl (C=O) groups is 1. The molecule has 0 aliphatic heterocycles. The number of amides is 1. The third-order valence-electron chi connectivity index (χ3n) is 4.04. The van der Waals surface area contributed by atoms with Gasteiger partial charge in [0.1, 0.15) is 5.82 Å². The van der Waals surface area contributed by atoms with E-state index in [0.717, 1.165) is 11.3 Å². The summed E-state index contributed by atoms with van der Waals surface area (Å²) in [7, 11) is 0. The zero-order valence-electron chi connectivity index (χ0n) is 15.2. The maximum Gasteiger partial charge on any atom is 0.220 e. The van der Waals surface area contributed by atoms with Crippen LogP contribution in [0.25, 0.3) is 11.3 Å². The number of carbonyl (C=O) groups excluding carboxylic acids is 1. The lowest BCUT2D eigenvalue weighted by Gasteiger charge is -2.05. The molecule has 0 radical (unpaired) electrons. The van der Waals surface area contributed by atoms with Crippen molar-refractivity contribution in [1.82, 2.24) is 10.3 Å². The van der Waals surface area contributed by atoms with Gasteiger partial charge in [0.05, 0.1) is 11.2 Å². The number of nitrogens with zero attached hydrogens (tertiary/aromatic N) is 1. The topological polar surface area (TPSA) is 55.1 Å². The van der Waals surface area contributed by atoms with E-state index >= 15 is 0 Å². The number of thioether (sulfide) groups is 1. The number of nitrogens with one attached hydrogen (secondary N) is 1. The number of halogens is 2. The normalized spacial score (nSPS) is 10.8. The molecule has 0 aliphatic carbocycles. The Balaban J connectivity index is 1.36. The molecule has 0 fully saturated rings. The molecule has 2 aromatic carbocycles. The predicted molar refractivity (Wildman–Crippen MR) is 111 cm³/mol. The quantitative estimate of drug-likeness (QED) is 0.490. The van der Waals surface area contributed by atoms with E-state index in [-0.39, 0.29) is 11.7 Å². The average Bonchev–Trinajstić information content (AvgIpc) is 3.16. The van der Waals surface area contributed by atoms with Crippen LogP contribution in [0.2, 0.25) is 5.02 Å². The van der Waals surface area contributed by atoms with Crippen LogP contribution in [0.15, 0.2) is 59.1 Å². The Hall–Kier alpha value is -2.31. The summed E-state index contributed by atoms with van der Waals surface area (Å²) >= 11 is 7.73. The van der Waals surface area contributed by atoms with Crippen molar-refractivity contribution in [3.63, 3.8) is 0 Å². The fourth-order valence-corrected chi connectivity index (χ4v) is 3.65. The molecule has 0 saturated carbocycles. The van der Waals surface area contributed by atoms with Gasteiger partial charge in [0.25, 0.3) is 0 Å². The van der Waals surface area contributed by atoms with Gasteiger partial charge in [-0.15, -0.1) is 0 Å². The van der Waals surface area contributed by atoms with Crippen molar-refractivity contribution in [2.75, 3.05) is 12.3 Å². The van der Waals surface area contributed by atoms with Gasteiger partial charge in [-0.3, -0.25) is 4.79 Å². The predicted octanol–water partition coefficient (Wildman–Crippen LogP) is 5.12. The number of aromatic nitrogens is 1. The van der Waals surface area contributed by atoms with Crippen molar-refractivity contribution in [3.8, 4) is 11.3 Å². The first-order valence-corrected chi connectivity index (χ1v) is 10.4. The minimum atomic E-state index is -0.193. The van der Waals surface area contributed by atoms with Crippen LogP contribution in [0, 0.1) is 5.82 Å². The van der Waals surface area contributed by atoms with E-state index in [9.17, 15) is 9.18 Å². The first kappa shape index (κ1) is 20.4. The number of benzene rings is 2. The lowest BCUT2D eigenvalue weighted by atomic mass is 10.2. The van der Waals surface area contributed by atoms with E-state index in [1.54, 1.807) is 36.2 Å². The van der Waals surface area contributed by atoms with Crippen LogP contribution in [0.1, 0.15) is 17.9 Å². The monoisotopic (exact) mass is 418 g/mol. The minimum absolute atomic E-state index is 0.0658. The van der Waals surface area contributed by atoms with Crippen LogP contribution in [-0.2, 0) is 17.0 Å². The SMILES string of the molecule is O=C(CCc1ncc(-c2ccccc2Cl)o1)NCCSCc1ccccc1F. The van der Waals surface area contributed by atoms with Crippen LogP contribution in [0.5, 0.6) is 0 Å². The summed E-state index contributed by atoms with van der Waals surface area (Å²) in [4.78, 5) is 16.2. The average molecular weight is 419 g/mol. The Bertz CT molecular complexity index is 932. The summed E-state index contributed by atoms with van der Waals surface area (Å²) in [6.07, 6.45) is 2.33. The van der Waals surface area contributed by atoms with E-state index < -0.39 is 0 Å². The molecule has 1 heterocycles. The Morgan fingerprint density at radius 1 is 1.18 bits per heavy atom. The van der Waals surface area contributed by atoms with Crippen LogP contribution in [-0.4, -0.2) is 23.2 Å². The standard InChI is InChI=1S/C21H20ClFN2O2S/c22-17-7-3-2-6-16(17)19-13-25-21(27-19)10-9-20(26)24-11-12-28-14-15-5-1-4-8-18(15)23/h1-8,13H,9-12,14H2,(H,24,26). The zero-order chi connectivity index (χ0) is 19.8. The van der Waals surface area contributed by atoms with E-state index in [1.807, 2.05) is 24.3 Å². The van der Waals surface area contributed by atoms with Crippen molar-refractivity contribution in [1.29, 1.82) is 0 Å². The van der Waals surface area contributed by atoms with Gasteiger partial charge in [-0.05, 0) is 23.8 Å². The number of hydrogen-bond donors (Lipinski definition) is 1. The summed E-state index contributed by atoms with van der Waals surface area (Å²) < 4.78 is 19.2. The third kappa shape index (κ3) is 5.84. The van der Waals surface area contributed by atoms with Gasteiger partial charge in [0, 0.05) is 36.5 Å². The molecular weight excluding hydrogens is 399 g/mol. The van der Waals surface area contributed by atoms with Gasteiger partial charge < -0.3 is 9.73 Å². The van der Waals surface area contributed by atoms with E-state index in [4.69, 9.17) is 16.0 Å². The molecule has 3 rings (SSSR count). The molecule has 0 atom stereocenters. The molecule has 0 aliphatic rings. The smallest absolute Gasteiger partial charge is 0.220 e. The summed E-state index contributed by atoms with van der Waals surface area (Å²) in [5.74, 6) is 2.13. The van der Waals surface area contributed by atoms with Gasteiger partial charge in [0.15, 0.2) is 11.7 Å². The summed E-state index contributed by atoms with van der Waals surface area (Å²) in [5.41, 5.74) is 1.45. The van der Waals surface area contributed by atoms with E-state index in [0.29, 0.717) is 47.4 Å². The number of oxazole rings is 1. The van der Waals surface area contributed by atoms with Crippen molar-refractivity contribution in [2.45, 2.75) is 18.6 Å². The molecule has 4 nitrogen and oxygen atoms in total. The maximum atomic E-state index is 13.5. The molecule has 1 amide bonds. The maximum absolute atomic E-state index is 13.5. The van der Waals surface area contributed by atoms with Gasteiger partial charge >= 0.3 is 0 Å². The molecule has 3 aromatic rings. The highest BCUT2D eigenvalue weighted by atomic mass is 35.5. The van der Waals surface area contributed by atoms with Crippen LogP contribution >= 0.6 is 23.4 Å². The highest BCUT2D eigenvalue weighted by Gasteiger charge is 2.11. The molecule has 0 saturated heterocycles.